The van der Waals surface area contributed by atoms with Crippen LogP contribution in [0.1, 0.15) is 0 Å². The number of nitrogens with zero attached hydrogens (tertiary/aromatic N) is 4. The number of hydrogen-bond donors (Lipinski definition) is 1. The molecule has 0 saturated carbocycles. The highest BCUT2D eigenvalue weighted by atomic mass is 79.9. The van der Waals surface area contributed by atoms with Crippen molar-refractivity contribution >= 4 is 37.6 Å². The molecule has 0 spiro atoms. The number of aromatic nitrogens is 2. The first-order valence-electron chi connectivity index (χ1n) is 8.04. The molecule has 3 heterocycles. The SMILES string of the molecule is O=S(=O)(CCNc1ccc(Br)cn1)N1CCN(c2ccccn2)CC1. The summed E-state index contributed by atoms with van der Waals surface area (Å²) in [5.74, 6) is 1.61. The third kappa shape index (κ3) is 4.90. The molecular formula is C16H20BrN5O2S. The van der Waals surface area contributed by atoms with Gasteiger partial charge in [0.25, 0.3) is 0 Å². The molecule has 9 heteroatoms. The zero-order valence-corrected chi connectivity index (χ0v) is 16.1. The molecule has 1 N–H and O–H groups in total. The number of pyridine rings is 2. The molecule has 7 nitrogen and oxygen atoms in total. The summed E-state index contributed by atoms with van der Waals surface area (Å²) in [6, 6.07) is 9.42. The number of nitrogens with one attached hydrogen (secondary N) is 1. The van der Waals surface area contributed by atoms with Crippen LogP contribution < -0.4 is 10.2 Å². The minimum atomic E-state index is -3.28. The fraction of sp³-hybridized carbons (Fsp3) is 0.375. The maximum absolute atomic E-state index is 12.5. The minimum absolute atomic E-state index is 0.0499. The van der Waals surface area contributed by atoms with Crippen LogP contribution in [0.5, 0.6) is 0 Å². The van der Waals surface area contributed by atoms with E-state index in [1.807, 2.05) is 30.3 Å². The Morgan fingerprint density at radius 3 is 2.52 bits per heavy atom. The number of halogens is 1. The van der Waals surface area contributed by atoms with E-state index in [1.54, 1.807) is 16.7 Å². The lowest BCUT2D eigenvalue weighted by Crippen LogP contribution is -2.50. The quantitative estimate of drug-likeness (QED) is 0.759. The van der Waals surface area contributed by atoms with Crippen LogP contribution in [0, 0.1) is 0 Å². The van der Waals surface area contributed by atoms with Gasteiger partial charge in [-0.05, 0) is 40.2 Å². The van der Waals surface area contributed by atoms with Crippen LogP contribution in [0.3, 0.4) is 0 Å². The van der Waals surface area contributed by atoms with Crippen molar-refractivity contribution in [1.82, 2.24) is 14.3 Å². The van der Waals surface area contributed by atoms with E-state index in [4.69, 9.17) is 0 Å². The fourth-order valence-corrected chi connectivity index (χ4v) is 4.23. The van der Waals surface area contributed by atoms with Gasteiger partial charge in [-0.3, -0.25) is 0 Å². The van der Waals surface area contributed by atoms with Crippen molar-refractivity contribution < 1.29 is 8.42 Å². The Morgan fingerprint density at radius 1 is 1.08 bits per heavy atom. The Morgan fingerprint density at radius 2 is 1.88 bits per heavy atom. The summed E-state index contributed by atoms with van der Waals surface area (Å²) in [6.07, 6.45) is 3.42. The second-order valence-electron chi connectivity index (χ2n) is 5.68. The van der Waals surface area contributed by atoms with E-state index in [0.29, 0.717) is 38.5 Å². The third-order valence-corrected chi connectivity index (χ3v) is 6.34. The van der Waals surface area contributed by atoms with E-state index < -0.39 is 10.0 Å². The molecule has 0 amide bonds. The second kappa shape index (κ2) is 8.11. The van der Waals surface area contributed by atoms with Gasteiger partial charge >= 0.3 is 0 Å². The lowest BCUT2D eigenvalue weighted by Gasteiger charge is -2.34. The number of anilines is 2. The summed E-state index contributed by atoms with van der Waals surface area (Å²) in [4.78, 5) is 10.6. The van der Waals surface area contributed by atoms with Crippen LogP contribution in [-0.4, -0.2) is 61.2 Å². The molecule has 1 saturated heterocycles. The predicted molar refractivity (Wildman–Crippen MR) is 102 cm³/mol. The van der Waals surface area contributed by atoms with Gasteiger partial charge in [0.2, 0.25) is 10.0 Å². The molecule has 25 heavy (non-hydrogen) atoms. The Bertz CT molecular complexity index is 778. The van der Waals surface area contributed by atoms with Crippen molar-refractivity contribution in [3.63, 3.8) is 0 Å². The lowest BCUT2D eigenvalue weighted by molar-refractivity contribution is 0.384. The van der Waals surface area contributed by atoms with Crippen molar-refractivity contribution in [2.75, 3.05) is 48.7 Å². The Labute approximate surface area is 156 Å². The maximum atomic E-state index is 12.5. The van der Waals surface area contributed by atoms with E-state index in [0.717, 1.165) is 10.3 Å². The molecule has 0 aromatic carbocycles. The highest BCUT2D eigenvalue weighted by Gasteiger charge is 2.26. The molecule has 2 aromatic heterocycles. The van der Waals surface area contributed by atoms with Crippen LogP contribution >= 0.6 is 15.9 Å². The average Bonchev–Trinajstić information content (AvgIpc) is 2.64. The van der Waals surface area contributed by atoms with E-state index >= 15 is 0 Å². The molecule has 0 unspecified atom stereocenters. The molecule has 0 radical (unpaired) electrons. The third-order valence-electron chi connectivity index (χ3n) is 4.00. The average molecular weight is 426 g/mol. The van der Waals surface area contributed by atoms with Crippen LogP contribution in [0.25, 0.3) is 0 Å². The molecule has 0 bridgehead atoms. The van der Waals surface area contributed by atoms with Crippen LogP contribution in [-0.2, 0) is 10.0 Å². The Kier molecular flexibility index (Phi) is 5.87. The van der Waals surface area contributed by atoms with Crippen LogP contribution in [0.4, 0.5) is 11.6 Å². The molecule has 2 aromatic rings. The standard InChI is InChI=1S/C16H20BrN5O2S/c17-14-4-5-15(20-13-14)18-7-12-25(23,24)22-10-8-21(9-11-22)16-3-1-2-6-19-16/h1-6,13H,7-12H2,(H,18,20). The summed E-state index contributed by atoms with van der Waals surface area (Å²) in [5.41, 5.74) is 0. The summed E-state index contributed by atoms with van der Waals surface area (Å²) < 4.78 is 27.4. The zero-order chi connectivity index (χ0) is 17.7. The smallest absolute Gasteiger partial charge is 0.215 e. The largest absolute Gasteiger partial charge is 0.369 e. The van der Waals surface area contributed by atoms with Crippen molar-refractivity contribution in [2.24, 2.45) is 0 Å². The van der Waals surface area contributed by atoms with E-state index in [1.165, 1.54) is 0 Å². The Balaban J connectivity index is 1.49. The van der Waals surface area contributed by atoms with Gasteiger partial charge in [0, 0.05) is 49.6 Å². The number of hydrogen-bond acceptors (Lipinski definition) is 6. The van der Waals surface area contributed by atoms with Gasteiger partial charge in [0.1, 0.15) is 11.6 Å². The number of rotatable bonds is 6. The number of sulfonamides is 1. The second-order valence-corrected chi connectivity index (χ2v) is 8.68. The molecule has 0 aliphatic carbocycles. The monoisotopic (exact) mass is 425 g/mol. The predicted octanol–water partition coefficient (Wildman–Crippen LogP) is 1.80. The van der Waals surface area contributed by atoms with Gasteiger partial charge in [0.05, 0.1) is 5.75 Å². The first-order valence-corrected chi connectivity index (χ1v) is 10.4. The van der Waals surface area contributed by atoms with E-state index in [2.05, 4.69) is 36.1 Å². The van der Waals surface area contributed by atoms with Gasteiger partial charge in [-0.2, -0.15) is 4.31 Å². The molecule has 1 fully saturated rings. The van der Waals surface area contributed by atoms with Gasteiger partial charge in [0.15, 0.2) is 0 Å². The fourth-order valence-electron chi connectivity index (χ4n) is 2.65. The summed E-state index contributed by atoms with van der Waals surface area (Å²) in [6.45, 7) is 2.60. The normalized spacial score (nSPS) is 16.0. The van der Waals surface area contributed by atoms with Crippen LogP contribution in [0.15, 0.2) is 47.2 Å². The molecule has 0 atom stereocenters. The molecule has 1 aliphatic heterocycles. The van der Waals surface area contributed by atoms with Crippen molar-refractivity contribution in [3.05, 3.63) is 47.2 Å². The van der Waals surface area contributed by atoms with Crippen molar-refractivity contribution in [3.8, 4) is 0 Å². The first kappa shape index (κ1) is 18.1. The summed E-state index contributed by atoms with van der Waals surface area (Å²) in [5, 5.41) is 3.04. The number of piperazine rings is 1. The Hall–Kier alpha value is -1.71. The minimum Gasteiger partial charge on any atom is -0.369 e. The molecule has 1 aliphatic rings. The lowest BCUT2D eigenvalue weighted by atomic mass is 10.3. The van der Waals surface area contributed by atoms with Gasteiger partial charge in [-0.15, -0.1) is 0 Å². The van der Waals surface area contributed by atoms with Crippen molar-refractivity contribution in [2.45, 2.75) is 0 Å². The van der Waals surface area contributed by atoms with E-state index in [9.17, 15) is 8.42 Å². The zero-order valence-electron chi connectivity index (χ0n) is 13.7. The van der Waals surface area contributed by atoms with Gasteiger partial charge < -0.3 is 10.2 Å². The van der Waals surface area contributed by atoms with E-state index in [-0.39, 0.29) is 5.75 Å². The maximum Gasteiger partial charge on any atom is 0.215 e. The topological polar surface area (TPSA) is 78.4 Å². The molecule has 134 valence electrons. The molecule has 3 rings (SSSR count). The van der Waals surface area contributed by atoms with Gasteiger partial charge in [-0.25, -0.2) is 18.4 Å². The highest BCUT2D eigenvalue weighted by molar-refractivity contribution is 9.10. The first-order chi connectivity index (χ1) is 12.0. The highest BCUT2D eigenvalue weighted by Crippen LogP contribution is 2.15. The van der Waals surface area contributed by atoms with Crippen LogP contribution in [0.2, 0.25) is 0 Å². The van der Waals surface area contributed by atoms with Crippen molar-refractivity contribution in [1.29, 1.82) is 0 Å². The summed E-state index contributed by atoms with van der Waals surface area (Å²) >= 11 is 3.32. The summed E-state index contributed by atoms with van der Waals surface area (Å²) in [7, 11) is -3.28. The molecular weight excluding hydrogens is 406 g/mol. The van der Waals surface area contributed by atoms with Gasteiger partial charge in [-0.1, -0.05) is 6.07 Å².